The lowest BCUT2D eigenvalue weighted by Gasteiger charge is -2.36. The number of hydrogen-bond acceptors (Lipinski definition) is 8. The fraction of sp³-hybridized carbons (Fsp3) is 0.524. The normalized spacial score (nSPS) is 20.7. The maximum absolute atomic E-state index is 12.6. The zero-order chi connectivity index (χ0) is 23.3. The summed E-state index contributed by atoms with van der Waals surface area (Å²) >= 11 is 0. The molecule has 2 atom stereocenters. The molecule has 0 spiro atoms. The Bertz CT molecular complexity index is 946. The molecule has 0 radical (unpaired) electrons. The minimum atomic E-state index is -0.636. The molecule has 2 unspecified atom stereocenters. The lowest BCUT2D eigenvalue weighted by molar-refractivity contribution is -0.384. The largest absolute Gasteiger partial charge is 0.326 e. The molecule has 32 heavy (non-hydrogen) atoms. The fourth-order valence-corrected chi connectivity index (χ4v) is 3.79. The Kier molecular flexibility index (Phi) is 7.39. The Morgan fingerprint density at radius 3 is 2.75 bits per heavy atom. The van der Waals surface area contributed by atoms with E-state index in [1.165, 1.54) is 17.0 Å². The number of rotatable bonds is 9. The molecule has 1 saturated heterocycles. The molecule has 172 valence electrons. The first-order chi connectivity index (χ1) is 15.3. The highest BCUT2D eigenvalue weighted by molar-refractivity contribution is 6.04. The summed E-state index contributed by atoms with van der Waals surface area (Å²) in [5, 5.41) is 17.8. The molecule has 0 aromatic heterocycles. The molecule has 0 aliphatic carbocycles. The number of likely N-dealkylation sites (N-methyl/N-ethyl adjacent to an activating group) is 1. The monoisotopic (exact) mass is 443 g/mol. The second kappa shape index (κ2) is 10.2. The maximum Gasteiger partial charge on any atom is 0.325 e. The lowest BCUT2D eigenvalue weighted by atomic mass is 10.1. The van der Waals surface area contributed by atoms with Gasteiger partial charge in [0.25, 0.3) is 11.6 Å². The van der Waals surface area contributed by atoms with Crippen LogP contribution in [0, 0.1) is 10.1 Å². The standard InChI is InChI=1S/C21H29N7O4/c1-4-5-6-7-8-12-27-17-18(26(3)21(30)23-19(17)29)22-20(27)25-24-14(2)15-10-9-11-16(13-15)28(31)32/h9-11,13,17-18H,4-8,12H2,1-3H3,(H,22,25)(H,23,29,30)/b24-14-. The van der Waals surface area contributed by atoms with E-state index in [2.05, 4.69) is 27.8 Å². The molecule has 2 N–H and O–H groups in total. The van der Waals surface area contributed by atoms with Crippen LogP contribution in [0.5, 0.6) is 0 Å². The van der Waals surface area contributed by atoms with Crippen molar-refractivity contribution in [2.24, 2.45) is 10.1 Å². The fourth-order valence-electron chi connectivity index (χ4n) is 3.79. The summed E-state index contributed by atoms with van der Waals surface area (Å²) in [6, 6.07) is 5.08. The summed E-state index contributed by atoms with van der Waals surface area (Å²) in [5.41, 5.74) is 4.02. The van der Waals surface area contributed by atoms with Gasteiger partial charge < -0.3 is 9.80 Å². The van der Waals surface area contributed by atoms with Gasteiger partial charge in [0.1, 0.15) is 0 Å². The zero-order valence-corrected chi connectivity index (χ0v) is 18.6. The van der Waals surface area contributed by atoms with E-state index in [-0.39, 0.29) is 11.6 Å². The van der Waals surface area contributed by atoms with Crippen molar-refractivity contribution in [3.05, 3.63) is 39.9 Å². The van der Waals surface area contributed by atoms with Crippen molar-refractivity contribution in [3.63, 3.8) is 0 Å². The van der Waals surface area contributed by atoms with Crippen molar-refractivity contribution in [1.29, 1.82) is 0 Å². The number of urea groups is 1. The number of guanidine groups is 1. The van der Waals surface area contributed by atoms with E-state index in [1.807, 2.05) is 4.90 Å². The molecule has 3 amide bonds. The van der Waals surface area contributed by atoms with Crippen molar-refractivity contribution < 1.29 is 14.5 Å². The maximum atomic E-state index is 12.6. The number of benzene rings is 1. The van der Waals surface area contributed by atoms with Gasteiger partial charge in [0.2, 0.25) is 5.96 Å². The van der Waals surface area contributed by atoms with Crippen LogP contribution in [0.3, 0.4) is 0 Å². The first-order valence-corrected chi connectivity index (χ1v) is 10.8. The lowest BCUT2D eigenvalue weighted by Crippen LogP contribution is -2.64. The van der Waals surface area contributed by atoms with Gasteiger partial charge >= 0.3 is 6.03 Å². The van der Waals surface area contributed by atoms with Crippen LogP contribution in [0.2, 0.25) is 0 Å². The van der Waals surface area contributed by atoms with E-state index < -0.39 is 23.2 Å². The summed E-state index contributed by atoms with van der Waals surface area (Å²) in [6.07, 6.45) is 4.69. The number of hydrazone groups is 1. The van der Waals surface area contributed by atoms with Crippen molar-refractivity contribution in [2.75, 3.05) is 13.6 Å². The number of nitro benzene ring substituents is 1. The second-order valence-electron chi connectivity index (χ2n) is 7.94. The van der Waals surface area contributed by atoms with Gasteiger partial charge in [-0.15, -0.1) is 0 Å². The molecule has 2 heterocycles. The molecule has 1 aromatic carbocycles. The van der Waals surface area contributed by atoms with Crippen LogP contribution in [0.1, 0.15) is 51.5 Å². The number of aliphatic imine (C=N–C) groups is 1. The summed E-state index contributed by atoms with van der Waals surface area (Å²) in [5.74, 6) is 0.0172. The van der Waals surface area contributed by atoms with Crippen LogP contribution < -0.4 is 10.7 Å². The molecule has 1 aromatic rings. The molecule has 2 aliphatic heterocycles. The molecule has 2 aliphatic rings. The molecule has 1 fully saturated rings. The van der Waals surface area contributed by atoms with Crippen LogP contribution >= 0.6 is 0 Å². The topological polar surface area (TPSA) is 133 Å². The Morgan fingerprint density at radius 1 is 1.28 bits per heavy atom. The number of amides is 3. The van der Waals surface area contributed by atoms with Crippen LogP contribution in [0.4, 0.5) is 10.5 Å². The Labute approximate surface area is 186 Å². The summed E-state index contributed by atoms with van der Waals surface area (Å²) in [6.45, 7) is 4.48. The van der Waals surface area contributed by atoms with Crippen molar-refractivity contribution >= 4 is 29.3 Å². The number of fused-ring (bicyclic) bond motifs is 1. The minimum Gasteiger partial charge on any atom is -0.326 e. The molecule has 0 bridgehead atoms. The summed E-state index contributed by atoms with van der Waals surface area (Å²) in [7, 11) is 1.60. The zero-order valence-electron chi connectivity index (χ0n) is 18.6. The highest BCUT2D eigenvalue weighted by Gasteiger charge is 2.48. The van der Waals surface area contributed by atoms with E-state index in [1.54, 1.807) is 26.1 Å². The van der Waals surface area contributed by atoms with Gasteiger partial charge in [0.05, 0.1) is 10.6 Å². The highest BCUT2D eigenvalue weighted by atomic mass is 16.6. The van der Waals surface area contributed by atoms with E-state index in [4.69, 9.17) is 0 Å². The number of imide groups is 1. The van der Waals surface area contributed by atoms with Crippen molar-refractivity contribution in [1.82, 2.24) is 20.5 Å². The third-order valence-corrected chi connectivity index (χ3v) is 5.66. The van der Waals surface area contributed by atoms with Gasteiger partial charge in [-0.05, 0) is 13.3 Å². The van der Waals surface area contributed by atoms with E-state index in [9.17, 15) is 19.7 Å². The van der Waals surface area contributed by atoms with Gasteiger partial charge in [-0.3, -0.25) is 20.2 Å². The Balaban J connectivity index is 1.78. The van der Waals surface area contributed by atoms with E-state index in [0.29, 0.717) is 23.8 Å². The van der Waals surface area contributed by atoms with Crippen LogP contribution in [-0.4, -0.2) is 64.1 Å². The Hall–Kier alpha value is -3.50. The number of hydrogen-bond donors (Lipinski definition) is 2. The summed E-state index contributed by atoms with van der Waals surface area (Å²) < 4.78 is 0. The average molecular weight is 444 g/mol. The Morgan fingerprint density at radius 2 is 2.03 bits per heavy atom. The predicted octanol–water partition coefficient (Wildman–Crippen LogP) is 2.43. The second-order valence-corrected chi connectivity index (χ2v) is 7.94. The third-order valence-electron chi connectivity index (χ3n) is 5.66. The van der Waals surface area contributed by atoms with Gasteiger partial charge in [0, 0.05) is 31.3 Å². The minimum absolute atomic E-state index is 0.0215. The molecular weight excluding hydrogens is 414 g/mol. The van der Waals surface area contributed by atoms with E-state index >= 15 is 0 Å². The third kappa shape index (κ3) is 5.04. The first-order valence-electron chi connectivity index (χ1n) is 10.8. The van der Waals surface area contributed by atoms with Gasteiger partial charge in [-0.1, -0.05) is 44.7 Å². The van der Waals surface area contributed by atoms with Gasteiger partial charge in [-0.2, -0.15) is 5.10 Å². The van der Waals surface area contributed by atoms with Crippen molar-refractivity contribution in [2.45, 2.75) is 58.2 Å². The van der Waals surface area contributed by atoms with Gasteiger partial charge in [0.15, 0.2) is 12.2 Å². The van der Waals surface area contributed by atoms with Crippen molar-refractivity contribution in [3.8, 4) is 0 Å². The number of nitrogens with zero attached hydrogens (tertiary/aromatic N) is 5. The highest BCUT2D eigenvalue weighted by Crippen LogP contribution is 2.24. The molecule has 0 saturated carbocycles. The quantitative estimate of drug-likeness (QED) is 0.261. The van der Waals surface area contributed by atoms with Gasteiger partial charge in [-0.25, -0.2) is 15.2 Å². The molecule has 11 nitrogen and oxygen atoms in total. The SMILES string of the molecule is CCCCCCCN1C(N/N=C(/C)c2cccc([N+](=O)[O-])c2)=NC2C1C(=O)NC(=O)N2C. The summed E-state index contributed by atoms with van der Waals surface area (Å²) in [4.78, 5) is 43.0. The average Bonchev–Trinajstić information content (AvgIpc) is 3.15. The van der Waals surface area contributed by atoms with Crippen LogP contribution in [0.15, 0.2) is 34.4 Å². The molecule has 3 rings (SSSR count). The molecular formula is C21H29N7O4. The number of carbonyl (C=O) groups excluding carboxylic acids is 2. The number of non-ortho nitro benzene ring substituents is 1. The number of unbranched alkanes of at least 4 members (excludes halogenated alkanes) is 4. The first kappa shape index (κ1) is 23.2. The number of carbonyl (C=O) groups is 2. The number of nitrogens with one attached hydrogen (secondary N) is 2. The molecule has 11 heteroatoms. The predicted molar refractivity (Wildman–Crippen MR) is 120 cm³/mol. The number of nitro groups is 1. The van der Waals surface area contributed by atoms with Crippen LogP contribution in [0.25, 0.3) is 0 Å². The van der Waals surface area contributed by atoms with Crippen LogP contribution in [-0.2, 0) is 4.79 Å². The van der Waals surface area contributed by atoms with E-state index in [0.717, 1.165) is 32.1 Å². The smallest absolute Gasteiger partial charge is 0.325 e.